The molecule has 0 aliphatic carbocycles. The molecule has 0 bridgehead atoms. The summed E-state index contributed by atoms with van der Waals surface area (Å²) < 4.78 is 27.9. The highest BCUT2D eigenvalue weighted by Crippen LogP contribution is 2.26. The molecule has 0 aliphatic heterocycles. The van der Waals surface area contributed by atoms with Crippen LogP contribution in [0.25, 0.3) is 0 Å². The minimum Gasteiger partial charge on any atom is -0.248 e. The van der Waals surface area contributed by atoms with Gasteiger partial charge in [-0.25, -0.2) is 23.1 Å². The molecule has 0 radical (unpaired) electrons. The Kier molecular flexibility index (Phi) is 5.37. The molecular formula is C12H13BrClN3O2S2. The number of rotatable bonds is 5. The smallest absolute Gasteiger partial charge is 0.244 e. The van der Waals surface area contributed by atoms with E-state index in [1.165, 1.54) is 23.6 Å². The van der Waals surface area contributed by atoms with Gasteiger partial charge < -0.3 is 0 Å². The molecule has 114 valence electrons. The van der Waals surface area contributed by atoms with E-state index in [-0.39, 0.29) is 10.0 Å². The number of hydrogen-bond donors (Lipinski definition) is 1. The maximum Gasteiger partial charge on any atom is 0.244 e. The summed E-state index contributed by atoms with van der Waals surface area (Å²) in [6.45, 7) is 3.77. The van der Waals surface area contributed by atoms with Crippen molar-refractivity contribution >= 4 is 48.9 Å². The highest BCUT2D eigenvalue weighted by Gasteiger charge is 2.23. The van der Waals surface area contributed by atoms with E-state index >= 15 is 0 Å². The third-order valence-electron chi connectivity index (χ3n) is 2.69. The predicted molar refractivity (Wildman–Crippen MR) is 87.2 cm³/mol. The van der Waals surface area contributed by atoms with Crippen molar-refractivity contribution in [3.05, 3.63) is 38.0 Å². The molecule has 9 heteroatoms. The van der Waals surface area contributed by atoms with Gasteiger partial charge in [-0.2, -0.15) is 0 Å². The topological polar surface area (TPSA) is 72.0 Å². The van der Waals surface area contributed by atoms with Gasteiger partial charge in [0.2, 0.25) is 10.0 Å². The van der Waals surface area contributed by atoms with Crippen LogP contribution < -0.4 is 4.72 Å². The van der Waals surface area contributed by atoms with Crippen LogP contribution in [0.4, 0.5) is 0 Å². The lowest BCUT2D eigenvalue weighted by atomic mass is 10.4. The Morgan fingerprint density at radius 2 is 2.14 bits per heavy atom. The average Bonchev–Trinajstić information content (AvgIpc) is 2.90. The highest BCUT2D eigenvalue weighted by atomic mass is 79.9. The highest BCUT2D eigenvalue weighted by molar-refractivity contribution is 9.10. The number of aryl methyl sites for hydroxylation is 1. The molecule has 0 aromatic carbocycles. The second kappa shape index (κ2) is 6.70. The summed E-state index contributed by atoms with van der Waals surface area (Å²) in [7, 11) is -3.77. The van der Waals surface area contributed by atoms with Crippen molar-refractivity contribution in [2.45, 2.75) is 31.2 Å². The van der Waals surface area contributed by atoms with Crippen molar-refractivity contribution in [3.8, 4) is 0 Å². The lowest BCUT2D eigenvalue weighted by Gasteiger charge is -2.12. The number of thiazole rings is 1. The van der Waals surface area contributed by atoms with Gasteiger partial charge in [-0.05, 0) is 35.3 Å². The van der Waals surface area contributed by atoms with Gasteiger partial charge in [0.25, 0.3) is 0 Å². The zero-order valence-corrected chi connectivity index (χ0v) is 15.3. The molecular weight excluding hydrogens is 398 g/mol. The van der Waals surface area contributed by atoms with Gasteiger partial charge in [0.1, 0.15) is 15.1 Å². The van der Waals surface area contributed by atoms with Crippen molar-refractivity contribution in [2.75, 3.05) is 0 Å². The van der Waals surface area contributed by atoms with Crippen molar-refractivity contribution < 1.29 is 8.42 Å². The molecule has 1 atom stereocenters. The quantitative estimate of drug-likeness (QED) is 0.765. The van der Waals surface area contributed by atoms with Gasteiger partial charge >= 0.3 is 0 Å². The summed E-state index contributed by atoms with van der Waals surface area (Å²) in [5, 5.41) is 0.654. The van der Waals surface area contributed by atoms with Crippen molar-refractivity contribution in [3.63, 3.8) is 0 Å². The van der Waals surface area contributed by atoms with Crippen LogP contribution in [0.15, 0.2) is 27.8 Å². The zero-order chi connectivity index (χ0) is 15.6. The SMILES string of the molecule is CCc1cnc(C(C)NS(=O)(=O)c2cc(Br)cnc2Cl)s1. The van der Waals surface area contributed by atoms with E-state index in [0.717, 1.165) is 16.3 Å². The minimum atomic E-state index is -3.77. The molecule has 0 spiro atoms. The average molecular weight is 411 g/mol. The van der Waals surface area contributed by atoms with Gasteiger partial charge in [0, 0.05) is 21.7 Å². The summed E-state index contributed by atoms with van der Waals surface area (Å²) in [5.41, 5.74) is 0. The Morgan fingerprint density at radius 3 is 2.76 bits per heavy atom. The molecule has 2 aromatic rings. The minimum absolute atomic E-state index is 0.0577. The fourth-order valence-electron chi connectivity index (χ4n) is 1.63. The molecule has 0 fully saturated rings. The molecule has 0 saturated carbocycles. The van der Waals surface area contributed by atoms with Crippen molar-refractivity contribution in [1.82, 2.24) is 14.7 Å². The Labute approximate surface area is 141 Å². The Hall–Kier alpha value is -0.540. The van der Waals surface area contributed by atoms with Crippen LogP contribution in [0.5, 0.6) is 0 Å². The maximum atomic E-state index is 12.4. The van der Waals surface area contributed by atoms with Gasteiger partial charge in [-0.3, -0.25) is 0 Å². The first-order valence-electron chi connectivity index (χ1n) is 6.11. The molecule has 1 N–H and O–H groups in total. The van der Waals surface area contributed by atoms with E-state index in [0.29, 0.717) is 4.47 Å². The van der Waals surface area contributed by atoms with E-state index in [9.17, 15) is 8.42 Å². The number of nitrogens with zero attached hydrogens (tertiary/aromatic N) is 2. The van der Waals surface area contributed by atoms with E-state index in [1.54, 1.807) is 13.1 Å². The van der Waals surface area contributed by atoms with Crippen LogP contribution in [-0.2, 0) is 16.4 Å². The van der Waals surface area contributed by atoms with E-state index in [2.05, 4.69) is 30.6 Å². The normalized spacial score (nSPS) is 13.3. The van der Waals surface area contributed by atoms with E-state index in [4.69, 9.17) is 11.6 Å². The van der Waals surface area contributed by atoms with Crippen LogP contribution in [0.1, 0.15) is 29.8 Å². The number of pyridine rings is 1. The van der Waals surface area contributed by atoms with Crippen LogP contribution >= 0.6 is 38.9 Å². The lowest BCUT2D eigenvalue weighted by Crippen LogP contribution is -2.27. The van der Waals surface area contributed by atoms with Crippen LogP contribution in [-0.4, -0.2) is 18.4 Å². The van der Waals surface area contributed by atoms with Crippen LogP contribution in [0, 0.1) is 0 Å². The Balaban J connectivity index is 2.26. The number of nitrogens with one attached hydrogen (secondary N) is 1. The molecule has 0 amide bonds. The predicted octanol–water partition coefficient (Wildman–Crippen LogP) is 3.56. The fraction of sp³-hybridized carbons (Fsp3) is 0.333. The molecule has 5 nitrogen and oxygen atoms in total. The van der Waals surface area contributed by atoms with Gasteiger partial charge in [0.15, 0.2) is 0 Å². The molecule has 21 heavy (non-hydrogen) atoms. The molecule has 0 aliphatic rings. The van der Waals surface area contributed by atoms with Gasteiger partial charge in [-0.15, -0.1) is 11.3 Å². The summed E-state index contributed by atoms with van der Waals surface area (Å²) in [5.74, 6) is 0. The van der Waals surface area contributed by atoms with Gasteiger partial charge in [-0.1, -0.05) is 18.5 Å². The zero-order valence-electron chi connectivity index (χ0n) is 11.3. The summed E-state index contributed by atoms with van der Waals surface area (Å²) in [4.78, 5) is 9.12. The number of aromatic nitrogens is 2. The standard InChI is InChI=1S/C12H13BrClN3O2S2/c1-3-9-6-16-12(20-9)7(2)17-21(18,19)10-4-8(13)5-15-11(10)14/h4-7,17H,3H2,1-2H3. The summed E-state index contributed by atoms with van der Waals surface area (Å²) in [6, 6.07) is 0.985. The first-order valence-corrected chi connectivity index (χ1v) is 9.58. The number of hydrogen-bond acceptors (Lipinski definition) is 5. The Bertz CT molecular complexity index is 749. The largest absolute Gasteiger partial charge is 0.248 e. The van der Waals surface area contributed by atoms with E-state index in [1.807, 2.05) is 6.92 Å². The van der Waals surface area contributed by atoms with Crippen molar-refractivity contribution in [1.29, 1.82) is 0 Å². The lowest BCUT2D eigenvalue weighted by molar-refractivity contribution is 0.566. The second-order valence-electron chi connectivity index (χ2n) is 4.30. The molecule has 1 unspecified atom stereocenters. The second-order valence-corrected chi connectivity index (χ2v) is 8.41. The maximum absolute atomic E-state index is 12.4. The number of sulfonamides is 1. The molecule has 2 heterocycles. The third-order valence-corrected chi connectivity index (χ3v) is 6.41. The van der Waals surface area contributed by atoms with E-state index < -0.39 is 16.1 Å². The monoisotopic (exact) mass is 409 g/mol. The fourth-order valence-corrected chi connectivity index (χ4v) is 4.71. The first kappa shape index (κ1) is 16.8. The number of halogens is 2. The first-order chi connectivity index (χ1) is 9.83. The Morgan fingerprint density at radius 1 is 1.43 bits per heavy atom. The molecule has 2 aromatic heterocycles. The van der Waals surface area contributed by atoms with Crippen LogP contribution in [0.3, 0.4) is 0 Å². The van der Waals surface area contributed by atoms with Crippen LogP contribution in [0.2, 0.25) is 5.15 Å². The van der Waals surface area contributed by atoms with Gasteiger partial charge in [0.05, 0.1) is 6.04 Å². The van der Waals surface area contributed by atoms with Crippen molar-refractivity contribution in [2.24, 2.45) is 0 Å². The summed E-state index contributed by atoms with van der Waals surface area (Å²) in [6.07, 6.45) is 4.08. The molecule has 2 rings (SSSR count). The third kappa shape index (κ3) is 4.01. The summed E-state index contributed by atoms with van der Waals surface area (Å²) >= 11 is 10.5. The molecule has 0 saturated heterocycles.